The molecule has 0 fully saturated rings. The first-order chi connectivity index (χ1) is 9.79. The third-order valence-corrected chi connectivity index (χ3v) is 2.73. The minimum absolute atomic E-state index is 0.270. The lowest BCUT2D eigenvalue weighted by Gasteiger charge is -2.10. The molecule has 0 spiro atoms. The number of rotatable bonds is 4. The molecule has 0 atom stereocenters. The molecule has 2 rings (SSSR count). The molecule has 0 heterocycles. The van der Waals surface area contributed by atoms with Crippen molar-refractivity contribution in [2.75, 3.05) is 7.11 Å². The normalized spacial score (nSPS) is 13.2. The number of hydrogen-bond donors (Lipinski definition) is 0. The summed E-state index contributed by atoms with van der Waals surface area (Å²) in [4.78, 5) is 16.5. The van der Waals surface area contributed by atoms with E-state index in [1.807, 2.05) is 36.4 Å². The van der Waals surface area contributed by atoms with Gasteiger partial charge in [0, 0.05) is 23.4 Å². The van der Waals surface area contributed by atoms with E-state index in [1.54, 1.807) is 12.2 Å². The number of carbonyl (C=O) groups excluding carboxylic acids is 1. The number of esters is 1. The molecule has 0 saturated carbocycles. The van der Waals surface area contributed by atoms with E-state index in [2.05, 4.69) is 15.9 Å². The van der Waals surface area contributed by atoms with E-state index in [0.717, 1.165) is 11.1 Å². The summed E-state index contributed by atoms with van der Waals surface area (Å²) in [6.45, 7) is 0.270. The molecule has 0 unspecified atom stereocenters. The van der Waals surface area contributed by atoms with Gasteiger partial charge in [-0.1, -0.05) is 42.5 Å². The summed E-state index contributed by atoms with van der Waals surface area (Å²) in [5.41, 5.74) is 2.32. The molecule has 0 saturated heterocycles. The van der Waals surface area contributed by atoms with Crippen molar-refractivity contribution in [3.63, 3.8) is 0 Å². The Morgan fingerprint density at radius 3 is 2.90 bits per heavy atom. The van der Waals surface area contributed by atoms with Gasteiger partial charge >= 0.3 is 5.97 Å². The summed E-state index contributed by atoms with van der Waals surface area (Å²) in [7, 11) is 1.45. The number of allylic oxidation sites excluding steroid dienone is 4. The number of nitrogens with zero attached hydrogens (tertiary/aromatic N) is 1. The Kier molecular flexibility index (Phi) is 4.93. The second kappa shape index (κ2) is 7.12. The minimum Gasteiger partial charge on any atom is -0.457 e. The van der Waals surface area contributed by atoms with Gasteiger partial charge in [0.25, 0.3) is 0 Å². The van der Waals surface area contributed by atoms with Gasteiger partial charge in [-0.25, -0.2) is 4.79 Å². The quantitative estimate of drug-likeness (QED) is 0.480. The molecule has 0 radical (unpaired) electrons. The van der Waals surface area contributed by atoms with Gasteiger partial charge in [-0.15, -0.1) is 0 Å². The van der Waals surface area contributed by atoms with Gasteiger partial charge in [0.1, 0.15) is 13.7 Å². The Morgan fingerprint density at radius 2 is 2.15 bits per heavy atom. The summed E-state index contributed by atoms with van der Waals surface area (Å²) in [6, 6.07) is 9.58. The Bertz CT molecular complexity index is 593. The highest BCUT2D eigenvalue weighted by Crippen LogP contribution is 2.17. The van der Waals surface area contributed by atoms with E-state index < -0.39 is 0 Å². The molecular formula is C16H15NO3. The molecule has 1 aliphatic carbocycles. The lowest BCUT2D eigenvalue weighted by atomic mass is 10.0. The molecule has 20 heavy (non-hydrogen) atoms. The van der Waals surface area contributed by atoms with Crippen molar-refractivity contribution in [1.29, 1.82) is 0 Å². The third kappa shape index (κ3) is 3.97. The zero-order chi connectivity index (χ0) is 14.2. The lowest BCUT2D eigenvalue weighted by molar-refractivity contribution is -0.140. The smallest absolute Gasteiger partial charge is 0.334 e. The largest absolute Gasteiger partial charge is 0.457 e. The zero-order valence-corrected chi connectivity index (χ0v) is 11.2. The van der Waals surface area contributed by atoms with Crippen molar-refractivity contribution >= 4 is 11.8 Å². The molecule has 0 N–H and O–H groups in total. The van der Waals surface area contributed by atoms with Gasteiger partial charge in [0.2, 0.25) is 0 Å². The van der Waals surface area contributed by atoms with Gasteiger partial charge in [0.05, 0.1) is 0 Å². The maximum absolute atomic E-state index is 12.0. The number of carbonyl (C=O) groups is 1. The standard InChI is InChI=1S/C16H15NO3/c1-19-17-11-14-8-5-9-15(10-14)16(18)20-12-13-6-3-2-4-7-13/h2-9H,10,12H2,1H3. The van der Waals surface area contributed by atoms with E-state index in [4.69, 9.17) is 4.74 Å². The molecular weight excluding hydrogens is 254 g/mol. The van der Waals surface area contributed by atoms with Crippen LogP contribution >= 0.6 is 0 Å². The van der Waals surface area contributed by atoms with E-state index in [9.17, 15) is 4.79 Å². The zero-order valence-electron chi connectivity index (χ0n) is 11.2. The molecule has 1 aromatic rings. The molecule has 102 valence electrons. The Balaban J connectivity index is 1.95. The summed E-state index contributed by atoms with van der Waals surface area (Å²) in [5, 5.41) is 3.57. The summed E-state index contributed by atoms with van der Waals surface area (Å²) >= 11 is 0. The average molecular weight is 269 g/mol. The van der Waals surface area contributed by atoms with Gasteiger partial charge in [-0.05, 0) is 16.8 Å². The number of hydrogen-bond acceptors (Lipinski definition) is 4. The Labute approximate surface area is 117 Å². The van der Waals surface area contributed by atoms with Crippen LogP contribution < -0.4 is 0 Å². The first-order valence-corrected chi connectivity index (χ1v) is 6.23. The molecule has 4 heteroatoms. The van der Waals surface area contributed by atoms with Crippen molar-refractivity contribution in [2.45, 2.75) is 13.0 Å². The minimum atomic E-state index is -0.324. The molecule has 0 aromatic heterocycles. The highest BCUT2D eigenvalue weighted by Gasteiger charge is 2.14. The first-order valence-electron chi connectivity index (χ1n) is 6.23. The van der Waals surface area contributed by atoms with E-state index in [-0.39, 0.29) is 12.6 Å². The van der Waals surface area contributed by atoms with Crippen LogP contribution in [0.15, 0.2) is 64.9 Å². The first kappa shape index (κ1) is 13.8. The third-order valence-electron chi connectivity index (χ3n) is 2.73. The Morgan fingerprint density at radius 1 is 1.35 bits per heavy atom. The van der Waals surface area contributed by atoms with Gasteiger partial charge in [-0.2, -0.15) is 0 Å². The van der Waals surface area contributed by atoms with Crippen molar-refractivity contribution in [3.05, 3.63) is 65.3 Å². The fourth-order valence-electron chi connectivity index (χ4n) is 1.74. The molecule has 4 nitrogen and oxygen atoms in total. The van der Waals surface area contributed by atoms with Crippen LogP contribution in [0.4, 0.5) is 0 Å². The maximum Gasteiger partial charge on any atom is 0.334 e. The second-order valence-corrected chi connectivity index (χ2v) is 4.20. The SMILES string of the molecule is CON=C=C1C=CC=C(C(=O)OCc2ccccc2)C1. The van der Waals surface area contributed by atoms with Gasteiger partial charge < -0.3 is 9.57 Å². The summed E-state index contributed by atoms with van der Waals surface area (Å²) in [5.74, 6) is 2.39. The summed E-state index contributed by atoms with van der Waals surface area (Å²) < 4.78 is 5.28. The highest BCUT2D eigenvalue weighted by atomic mass is 16.6. The van der Waals surface area contributed by atoms with Crippen LogP contribution in [0.3, 0.4) is 0 Å². The van der Waals surface area contributed by atoms with Crippen LogP contribution in [0.1, 0.15) is 12.0 Å². The Hall–Kier alpha value is -2.58. The van der Waals surface area contributed by atoms with E-state index in [1.165, 1.54) is 7.11 Å². The fraction of sp³-hybridized carbons (Fsp3) is 0.188. The molecule has 1 aromatic carbocycles. The summed E-state index contributed by atoms with van der Waals surface area (Å²) in [6.07, 6.45) is 5.79. The predicted molar refractivity (Wildman–Crippen MR) is 76.0 cm³/mol. The van der Waals surface area contributed by atoms with Crippen LogP contribution in [0, 0.1) is 0 Å². The van der Waals surface area contributed by atoms with Crippen molar-refractivity contribution in [3.8, 4) is 0 Å². The van der Waals surface area contributed by atoms with Crippen LogP contribution in [0.25, 0.3) is 0 Å². The maximum atomic E-state index is 12.0. The number of benzene rings is 1. The topological polar surface area (TPSA) is 47.9 Å². The van der Waals surface area contributed by atoms with Gasteiger partial charge in [-0.3, -0.25) is 0 Å². The lowest BCUT2D eigenvalue weighted by Crippen LogP contribution is -2.10. The van der Waals surface area contributed by atoms with E-state index in [0.29, 0.717) is 12.0 Å². The van der Waals surface area contributed by atoms with Crippen LogP contribution in [0.5, 0.6) is 0 Å². The monoisotopic (exact) mass is 269 g/mol. The van der Waals surface area contributed by atoms with E-state index >= 15 is 0 Å². The fourth-order valence-corrected chi connectivity index (χ4v) is 1.74. The van der Waals surface area contributed by atoms with Crippen LogP contribution in [0.2, 0.25) is 0 Å². The van der Waals surface area contributed by atoms with Crippen molar-refractivity contribution in [1.82, 2.24) is 0 Å². The average Bonchev–Trinajstić information content (AvgIpc) is 2.52. The molecule has 0 amide bonds. The predicted octanol–water partition coefficient (Wildman–Crippen LogP) is 2.77. The molecule has 0 aliphatic heterocycles. The highest BCUT2D eigenvalue weighted by molar-refractivity contribution is 5.90. The van der Waals surface area contributed by atoms with Crippen molar-refractivity contribution in [2.24, 2.45) is 5.16 Å². The van der Waals surface area contributed by atoms with Crippen molar-refractivity contribution < 1.29 is 14.4 Å². The van der Waals surface area contributed by atoms with Crippen LogP contribution in [-0.4, -0.2) is 18.9 Å². The number of ether oxygens (including phenoxy) is 1. The molecule has 0 bridgehead atoms. The van der Waals surface area contributed by atoms with Gasteiger partial charge in [0.15, 0.2) is 0 Å². The second-order valence-electron chi connectivity index (χ2n) is 4.20. The van der Waals surface area contributed by atoms with Crippen LogP contribution in [-0.2, 0) is 21.0 Å². The molecule has 1 aliphatic rings.